The van der Waals surface area contributed by atoms with E-state index in [2.05, 4.69) is 64.6 Å². The third kappa shape index (κ3) is 3.45. The van der Waals surface area contributed by atoms with Crippen LogP contribution in [-0.4, -0.2) is 0 Å². The molecule has 0 saturated heterocycles. The first-order chi connectivity index (χ1) is 7.95. The van der Waals surface area contributed by atoms with Crippen LogP contribution in [0.2, 0.25) is 0 Å². The van der Waals surface area contributed by atoms with Crippen LogP contribution in [0.25, 0.3) is 5.57 Å². The van der Waals surface area contributed by atoms with Crippen molar-refractivity contribution in [1.29, 1.82) is 0 Å². The van der Waals surface area contributed by atoms with Crippen LogP contribution in [-0.2, 0) is 0 Å². The van der Waals surface area contributed by atoms with Gasteiger partial charge in [-0.1, -0.05) is 42.5 Å². The summed E-state index contributed by atoms with van der Waals surface area (Å²) in [5.74, 6) is 0. The fourth-order valence-electron chi connectivity index (χ4n) is 1.89. The average Bonchev–Trinajstić information content (AvgIpc) is 2.27. The Morgan fingerprint density at radius 2 is 1.82 bits per heavy atom. The molecule has 1 aromatic rings. The van der Waals surface area contributed by atoms with E-state index in [4.69, 9.17) is 0 Å². The molecular weight excluding hydrogens is 204 g/mol. The van der Waals surface area contributed by atoms with Gasteiger partial charge in [-0.3, -0.25) is 0 Å². The van der Waals surface area contributed by atoms with Crippen molar-refractivity contribution in [3.63, 3.8) is 0 Å². The van der Waals surface area contributed by atoms with Gasteiger partial charge in [0.2, 0.25) is 0 Å². The van der Waals surface area contributed by atoms with Gasteiger partial charge in [-0.25, -0.2) is 0 Å². The first-order valence-electron chi connectivity index (χ1n) is 6.03. The normalized spacial score (nSPS) is 12.8. The number of benzene rings is 1. The maximum atomic E-state index is 4.09. The molecule has 0 atom stereocenters. The summed E-state index contributed by atoms with van der Waals surface area (Å²) in [6, 6.07) is 6.57. The third-order valence-corrected chi connectivity index (χ3v) is 3.14. The largest absolute Gasteiger partial charge is 0.0915 e. The van der Waals surface area contributed by atoms with Gasteiger partial charge < -0.3 is 0 Å². The van der Waals surface area contributed by atoms with Crippen molar-refractivity contribution in [3.05, 3.63) is 64.8 Å². The van der Waals surface area contributed by atoms with Crippen LogP contribution in [0.5, 0.6) is 0 Å². The number of hydrogen-bond donors (Lipinski definition) is 0. The third-order valence-electron chi connectivity index (χ3n) is 3.14. The van der Waals surface area contributed by atoms with Gasteiger partial charge >= 0.3 is 0 Å². The van der Waals surface area contributed by atoms with Gasteiger partial charge in [0.05, 0.1) is 0 Å². The van der Waals surface area contributed by atoms with Crippen molar-refractivity contribution in [2.75, 3.05) is 0 Å². The zero-order chi connectivity index (χ0) is 13.0. The highest BCUT2D eigenvalue weighted by Gasteiger charge is 2.01. The molecule has 17 heavy (non-hydrogen) atoms. The number of rotatable bonds is 3. The van der Waals surface area contributed by atoms with Crippen LogP contribution in [0.15, 0.2) is 48.1 Å². The molecule has 0 N–H and O–H groups in total. The zero-order valence-electron chi connectivity index (χ0n) is 11.6. The van der Waals surface area contributed by atoms with Crippen LogP contribution in [0.1, 0.15) is 37.5 Å². The second-order valence-electron chi connectivity index (χ2n) is 4.64. The predicted molar refractivity (Wildman–Crippen MR) is 78.1 cm³/mol. The SMILES string of the molecule is C=C(/C=C(/C)c1ccc(C)cc1C)/C(C)=C/C. The van der Waals surface area contributed by atoms with E-state index < -0.39 is 0 Å². The Hall–Kier alpha value is -1.56. The Kier molecular flexibility index (Phi) is 4.51. The molecule has 90 valence electrons. The van der Waals surface area contributed by atoms with E-state index in [1.165, 1.54) is 27.8 Å². The van der Waals surface area contributed by atoms with E-state index in [9.17, 15) is 0 Å². The van der Waals surface area contributed by atoms with Gasteiger partial charge in [-0.15, -0.1) is 0 Å². The highest BCUT2D eigenvalue weighted by atomic mass is 14.1. The van der Waals surface area contributed by atoms with Crippen molar-refractivity contribution in [2.45, 2.75) is 34.6 Å². The molecule has 0 heteroatoms. The molecule has 0 nitrogen and oxygen atoms in total. The lowest BCUT2D eigenvalue weighted by Gasteiger charge is -2.08. The van der Waals surface area contributed by atoms with Crippen molar-refractivity contribution in [2.24, 2.45) is 0 Å². The summed E-state index contributed by atoms with van der Waals surface area (Å²) < 4.78 is 0. The summed E-state index contributed by atoms with van der Waals surface area (Å²) >= 11 is 0. The number of hydrogen-bond acceptors (Lipinski definition) is 0. The molecule has 0 aliphatic carbocycles. The van der Waals surface area contributed by atoms with E-state index in [0.29, 0.717) is 0 Å². The summed E-state index contributed by atoms with van der Waals surface area (Å²) in [6.45, 7) is 14.7. The van der Waals surface area contributed by atoms with Gasteiger partial charge in [-0.05, 0) is 62.5 Å². The lowest BCUT2D eigenvalue weighted by molar-refractivity contribution is 1.34. The fraction of sp³-hybridized carbons (Fsp3) is 0.294. The Balaban J connectivity index is 3.08. The Labute approximate surface area is 105 Å². The molecule has 0 aromatic heterocycles. The summed E-state index contributed by atoms with van der Waals surface area (Å²) in [7, 11) is 0. The molecule has 0 aliphatic heterocycles. The van der Waals surface area contributed by atoms with Crippen molar-refractivity contribution < 1.29 is 0 Å². The molecule has 0 aliphatic rings. The van der Waals surface area contributed by atoms with E-state index in [1.807, 2.05) is 6.92 Å². The second kappa shape index (κ2) is 5.67. The van der Waals surface area contributed by atoms with E-state index >= 15 is 0 Å². The molecule has 0 heterocycles. The maximum Gasteiger partial charge on any atom is -0.0198 e. The molecule has 0 unspecified atom stereocenters. The summed E-state index contributed by atoms with van der Waals surface area (Å²) in [4.78, 5) is 0. The maximum absolute atomic E-state index is 4.09. The number of aryl methyl sites for hydroxylation is 2. The van der Waals surface area contributed by atoms with Gasteiger partial charge in [0.25, 0.3) is 0 Å². The average molecular weight is 226 g/mol. The number of allylic oxidation sites excluding steroid dienone is 5. The van der Waals surface area contributed by atoms with Crippen LogP contribution in [0.3, 0.4) is 0 Å². The molecule has 0 spiro atoms. The van der Waals surface area contributed by atoms with Crippen molar-refractivity contribution in [3.8, 4) is 0 Å². The zero-order valence-corrected chi connectivity index (χ0v) is 11.6. The van der Waals surface area contributed by atoms with E-state index in [1.54, 1.807) is 0 Å². The van der Waals surface area contributed by atoms with E-state index in [-0.39, 0.29) is 0 Å². The first-order valence-corrected chi connectivity index (χ1v) is 6.03. The molecule has 0 fully saturated rings. The highest BCUT2D eigenvalue weighted by molar-refractivity contribution is 5.70. The minimum Gasteiger partial charge on any atom is -0.0915 e. The van der Waals surface area contributed by atoms with Crippen LogP contribution >= 0.6 is 0 Å². The topological polar surface area (TPSA) is 0 Å². The van der Waals surface area contributed by atoms with Crippen LogP contribution in [0.4, 0.5) is 0 Å². The van der Waals surface area contributed by atoms with Gasteiger partial charge in [0.15, 0.2) is 0 Å². The summed E-state index contributed by atoms with van der Waals surface area (Å²) in [5, 5.41) is 0. The lowest BCUT2D eigenvalue weighted by Crippen LogP contribution is -1.88. The Bertz CT molecular complexity index is 485. The highest BCUT2D eigenvalue weighted by Crippen LogP contribution is 2.22. The molecule has 0 bridgehead atoms. The molecule has 0 radical (unpaired) electrons. The quantitative estimate of drug-likeness (QED) is 0.619. The predicted octanol–water partition coefficient (Wildman–Crippen LogP) is 5.23. The van der Waals surface area contributed by atoms with E-state index in [0.717, 1.165) is 5.57 Å². The minimum absolute atomic E-state index is 1.09. The van der Waals surface area contributed by atoms with Gasteiger partial charge in [0, 0.05) is 0 Å². The van der Waals surface area contributed by atoms with Crippen LogP contribution in [0, 0.1) is 13.8 Å². The molecular formula is C17H22. The minimum atomic E-state index is 1.09. The second-order valence-corrected chi connectivity index (χ2v) is 4.64. The van der Waals surface area contributed by atoms with Crippen molar-refractivity contribution in [1.82, 2.24) is 0 Å². The fourth-order valence-corrected chi connectivity index (χ4v) is 1.89. The molecule has 0 amide bonds. The monoisotopic (exact) mass is 226 g/mol. The van der Waals surface area contributed by atoms with Crippen molar-refractivity contribution >= 4 is 5.57 Å². The Morgan fingerprint density at radius 3 is 2.35 bits per heavy atom. The first kappa shape index (κ1) is 13.5. The standard InChI is InChI=1S/C17H22/c1-7-13(3)14(4)11-16(6)17-9-8-12(2)10-15(17)5/h7-11H,4H2,1-3,5-6H3/b13-7+,16-11-. The smallest absolute Gasteiger partial charge is 0.0198 e. The Morgan fingerprint density at radius 1 is 1.18 bits per heavy atom. The summed E-state index contributed by atoms with van der Waals surface area (Å²) in [5.41, 5.74) is 7.53. The molecule has 0 saturated carbocycles. The van der Waals surface area contributed by atoms with Crippen LogP contribution < -0.4 is 0 Å². The lowest BCUT2D eigenvalue weighted by atomic mass is 9.97. The van der Waals surface area contributed by atoms with Gasteiger partial charge in [0.1, 0.15) is 0 Å². The molecule has 1 aromatic carbocycles. The molecule has 1 rings (SSSR count). The van der Waals surface area contributed by atoms with Gasteiger partial charge in [-0.2, -0.15) is 0 Å². The summed E-state index contributed by atoms with van der Waals surface area (Å²) in [6.07, 6.45) is 4.25.